The van der Waals surface area contributed by atoms with Crippen molar-refractivity contribution in [1.29, 1.82) is 0 Å². The van der Waals surface area contributed by atoms with Gasteiger partial charge in [0, 0.05) is 36.6 Å². The van der Waals surface area contributed by atoms with Gasteiger partial charge >= 0.3 is 0 Å². The number of carbonyl (C=O) groups is 2. The van der Waals surface area contributed by atoms with Crippen molar-refractivity contribution in [3.8, 4) is 11.5 Å². The standard InChI is InChI=1S/C29H29NO4/c1-33-26-10-7-21(8-11-26)28(20-5-3-2-4-6-20)22-13-15-30(16-14-22)29(32)23-9-12-27-24(17-23)18-25(31)19-34-27/h2-12,17,22,28H,13-16,18-19H2,1H3. The van der Waals surface area contributed by atoms with E-state index in [0.717, 1.165) is 37.2 Å². The van der Waals surface area contributed by atoms with E-state index in [-0.39, 0.29) is 24.2 Å². The molecule has 1 fully saturated rings. The van der Waals surface area contributed by atoms with Crippen molar-refractivity contribution >= 4 is 11.7 Å². The summed E-state index contributed by atoms with van der Waals surface area (Å²) in [5, 5.41) is 0. The molecule has 1 amide bonds. The van der Waals surface area contributed by atoms with Crippen LogP contribution in [0.15, 0.2) is 72.8 Å². The summed E-state index contributed by atoms with van der Waals surface area (Å²) in [4.78, 5) is 26.9. The molecular weight excluding hydrogens is 426 g/mol. The minimum atomic E-state index is 0.0278. The summed E-state index contributed by atoms with van der Waals surface area (Å²) >= 11 is 0. The highest BCUT2D eigenvalue weighted by atomic mass is 16.5. The summed E-state index contributed by atoms with van der Waals surface area (Å²) in [6.45, 7) is 1.55. The van der Waals surface area contributed by atoms with E-state index in [1.54, 1.807) is 7.11 Å². The fourth-order valence-electron chi connectivity index (χ4n) is 5.24. The van der Waals surface area contributed by atoms with Crippen molar-refractivity contribution in [2.75, 3.05) is 26.8 Å². The van der Waals surface area contributed by atoms with Crippen LogP contribution in [-0.4, -0.2) is 43.4 Å². The lowest BCUT2D eigenvalue weighted by molar-refractivity contribution is -0.121. The Balaban J connectivity index is 1.32. The van der Waals surface area contributed by atoms with Crippen molar-refractivity contribution < 1.29 is 19.1 Å². The SMILES string of the molecule is COc1ccc(C(c2ccccc2)C2CCN(C(=O)c3ccc4c(c3)CC(=O)CO4)CC2)cc1. The van der Waals surface area contributed by atoms with Gasteiger partial charge in [0.2, 0.25) is 0 Å². The van der Waals surface area contributed by atoms with Crippen LogP contribution in [0.1, 0.15) is 45.8 Å². The van der Waals surface area contributed by atoms with Crippen LogP contribution in [0.5, 0.6) is 11.5 Å². The second-order valence-corrected chi connectivity index (χ2v) is 9.12. The minimum absolute atomic E-state index is 0.0278. The molecule has 0 N–H and O–H groups in total. The molecule has 5 heteroatoms. The van der Waals surface area contributed by atoms with Crippen molar-refractivity contribution in [2.45, 2.75) is 25.2 Å². The van der Waals surface area contributed by atoms with E-state index in [1.165, 1.54) is 11.1 Å². The Labute approximate surface area is 200 Å². The average molecular weight is 456 g/mol. The lowest BCUT2D eigenvalue weighted by Crippen LogP contribution is -2.40. The highest BCUT2D eigenvalue weighted by Crippen LogP contribution is 2.39. The smallest absolute Gasteiger partial charge is 0.253 e. The van der Waals surface area contributed by atoms with Gasteiger partial charge in [0.15, 0.2) is 5.78 Å². The normalized spacial score (nSPS) is 17.0. The Kier molecular flexibility index (Phi) is 6.35. The van der Waals surface area contributed by atoms with Gasteiger partial charge in [-0.1, -0.05) is 42.5 Å². The number of ether oxygens (including phenoxy) is 2. The number of likely N-dealkylation sites (tertiary alicyclic amines) is 1. The lowest BCUT2D eigenvalue weighted by atomic mass is 9.76. The third kappa shape index (κ3) is 4.56. The highest BCUT2D eigenvalue weighted by Gasteiger charge is 2.31. The molecule has 0 aromatic heterocycles. The van der Waals surface area contributed by atoms with Gasteiger partial charge in [-0.15, -0.1) is 0 Å². The van der Waals surface area contributed by atoms with E-state index in [2.05, 4.69) is 36.4 Å². The molecule has 0 aliphatic carbocycles. The zero-order valence-electron chi connectivity index (χ0n) is 19.4. The molecule has 0 saturated carbocycles. The topological polar surface area (TPSA) is 55.8 Å². The predicted molar refractivity (Wildman–Crippen MR) is 131 cm³/mol. The lowest BCUT2D eigenvalue weighted by Gasteiger charge is -2.37. The Morgan fingerprint density at radius 1 is 0.971 bits per heavy atom. The zero-order chi connectivity index (χ0) is 23.5. The van der Waals surface area contributed by atoms with Gasteiger partial charge in [0.05, 0.1) is 7.11 Å². The van der Waals surface area contributed by atoms with Gasteiger partial charge in [-0.3, -0.25) is 9.59 Å². The molecule has 5 nitrogen and oxygen atoms in total. The minimum Gasteiger partial charge on any atom is -0.497 e. The molecular formula is C29H29NO4. The predicted octanol–water partition coefficient (Wildman–Crippen LogP) is 4.88. The molecule has 0 radical (unpaired) electrons. The molecule has 2 heterocycles. The van der Waals surface area contributed by atoms with Crippen LogP contribution in [0, 0.1) is 5.92 Å². The maximum absolute atomic E-state index is 13.2. The molecule has 3 aromatic carbocycles. The molecule has 174 valence electrons. The number of ketones is 1. The summed E-state index contributed by atoms with van der Waals surface area (Å²) in [5.41, 5.74) is 4.01. The van der Waals surface area contributed by atoms with E-state index < -0.39 is 0 Å². The molecule has 0 bridgehead atoms. The quantitative estimate of drug-likeness (QED) is 0.550. The number of hydrogen-bond acceptors (Lipinski definition) is 4. The van der Waals surface area contributed by atoms with Crippen molar-refractivity contribution in [3.05, 3.63) is 95.1 Å². The van der Waals surface area contributed by atoms with Gasteiger partial charge < -0.3 is 14.4 Å². The van der Waals surface area contributed by atoms with E-state index >= 15 is 0 Å². The van der Waals surface area contributed by atoms with Crippen LogP contribution in [0.25, 0.3) is 0 Å². The Bertz CT molecular complexity index is 1160. The number of benzene rings is 3. The number of carbonyl (C=O) groups excluding carboxylic acids is 2. The first kappa shape index (κ1) is 22.2. The number of nitrogens with zero attached hydrogens (tertiary/aromatic N) is 1. The van der Waals surface area contributed by atoms with Crippen molar-refractivity contribution in [1.82, 2.24) is 4.90 Å². The molecule has 1 saturated heterocycles. The fourth-order valence-corrected chi connectivity index (χ4v) is 5.24. The molecule has 2 aliphatic rings. The zero-order valence-corrected chi connectivity index (χ0v) is 19.4. The number of amides is 1. The number of fused-ring (bicyclic) bond motifs is 1. The highest BCUT2D eigenvalue weighted by molar-refractivity contribution is 5.95. The molecule has 0 spiro atoms. The van der Waals surface area contributed by atoms with Crippen LogP contribution in [0.2, 0.25) is 0 Å². The maximum Gasteiger partial charge on any atom is 0.253 e. The number of piperidine rings is 1. The third-order valence-electron chi connectivity index (χ3n) is 7.02. The van der Waals surface area contributed by atoms with Crippen molar-refractivity contribution in [2.24, 2.45) is 5.92 Å². The van der Waals surface area contributed by atoms with Crippen LogP contribution in [0.4, 0.5) is 0 Å². The molecule has 3 aromatic rings. The first-order valence-electron chi connectivity index (χ1n) is 11.9. The largest absolute Gasteiger partial charge is 0.497 e. The number of methoxy groups -OCH3 is 1. The molecule has 1 atom stereocenters. The molecule has 2 aliphatic heterocycles. The van der Waals surface area contributed by atoms with Crippen LogP contribution in [-0.2, 0) is 11.2 Å². The first-order valence-corrected chi connectivity index (χ1v) is 11.9. The Hall–Kier alpha value is -3.60. The van der Waals surface area contributed by atoms with Gasteiger partial charge in [-0.2, -0.15) is 0 Å². The van der Waals surface area contributed by atoms with E-state index in [0.29, 0.717) is 23.7 Å². The third-order valence-corrected chi connectivity index (χ3v) is 7.02. The molecule has 5 rings (SSSR count). The number of Topliss-reactive ketones (excluding diaryl/α,β-unsaturated/α-hetero) is 1. The second-order valence-electron chi connectivity index (χ2n) is 9.12. The monoisotopic (exact) mass is 455 g/mol. The molecule has 1 unspecified atom stereocenters. The first-order chi connectivity index (χ1) is 16.6. The Morgan fingerprint density at radius 3 is 2.38 bits per heavy atom. The fraction of sp³-hybridized carbons (Fsp3) is 0.310. The number of hydrogen-bond donors (Lipinski definition) is 0. The van der Waals surface area contributed by atoms with E-state index in [4.69, 9.17) is 9.47 Å². The summed E-state index contributed by atoms with van der Waals surface area (Å²) < 4.78 is 10.8. The van der Waals surface area contributed by atoms with Crippen LogP contribution in [0.3, 0.4) is 0 Å². The number of rotatable bonds is 5. The summed E-state index contributed by atoms with van der Waals surface area (Å²) in [6.07, 6.45) is 2.20. The Morgan fingerprint density at radius 2 is 1.68 bits per heavy atom. The van der Waals surface area contributed by atoms with Crippen LogP contribution < -0.4 is 9.47 Å². The average Bonchev–Trinajstić information content (AvgIpc) is 2.89. The van der Waals surface area contributed by atoms with Gasteiger partial charge in [0.1, 0.15) is 18.1 Å². The molecule has 34 heavy (non-hydrogen) atoms. The summed E-state index contributed by atoms with van der Waals surface area (Å²) in [5.74, 6) is 2.35. The van der Waals surface area contributed by atoms with Crippen LogP contribution >= 0.6 is 0 Å². The summed E-state index contributed by atoms with van der Waals surface area (Å²) in [6, 6.07) is 24.4. The van der Waals surface area contributed by atoms with Gasteiger partial charge in [0.25, 0.3) is 5.91 Å². The second kappa shape index (κ2) is 9.72. The van der Waals surface area contributed by atoms with E-state index in [9.17, 15) is 9.59 Å². The maximum atomic E-state index is 13.2. The van der Waals surface area contributed by atoms with E-state index in [1.807, 2.05) is 41.3 Å². The summed E-state index contributed by atoms with van der Waals surface area (Å²) in [7, 11) is 1.68. The van der Waals surface area contributed by atoms with Gasteiger partial charge in [-0.05, 0) is 60.2 Å². The van der Waals surface area contributed by atoms with Gasteiger partial charge in [-0.25, -0.2) is 0 Å². The van der Waals surface area contributed by atoms with Crippen molar-refractivity contribution in [3.63, 3.8) is 0 Å².